The minimum atomic E-state index is -0.965. The molecule has 1 rings (SSSR count). The molecule has 0 spiro atoms. The number of aryl methyl sites for hydroxylation is 1. The zero-order valence-corrected chi connectivity index (χ0v) is 4.64. The second-order valence-corrected chi connectivity index (χ2v) is 1.53. The first-order valence-corrected chi connectivity index (χ1v) is 2.20. The number of hydrogen-bond donors (Lipinski definition) is 2. The summed E-state index contributed by atoms with van der Waals surface area (Å²) in [5.41, 5.74) is -0.965. The summed E-state index contributed by atoms with van der Waals surface area (Å²) in [5.74, 6) is 0.0440. The van der Waals surface area contributed by atoms with E-state index in [0.717, 1.165) is 0 Å². The summed E-state index contributed by atoms with van der Waals surface area (Å²) in [6.45, 7) is 1.38. The SMILES string of the molecule is Cc1nn(O)c(=O)n1O. The molecule has 50 valence electrons. The molecule has 0 radical (unpaired) electrons. The molecule has 9 heavy (non-hydrogen) atoms. The average Bonchev–Trinajstić information content (AvgIpc) is 1.98. The fourth-order valence-electron chi connectivity index (χ4n) is 0.445. The average molecular weight is 131 g/mol. The lowest BCUT2D eigenvalue weighted by Gasteiger charge is -1.82. The Bertz CT molecular complexity index is 272. The molecule has 1 heterocycles. The molecule has 0 fully saturated rings. The zero-order chi connectivity index (χ0) is 7.02. The molecule has 0 aromatic carbocycles. The van der Waals surface area contributed by atoms with Crippen molar-refractivity contribution in [1.29, 1.82) is 0 Å². The van der Waals surface area contributed by atoms with Gasteiger partial charge in [-0.05, 0) is 11.8 Å². The van der Waals surface area contributed by atoms with E-state index in [-0.39, 0.29) is 15.4 Å². The first-order chi connectivity index (χ1) is 4.13. The van der Waals surface area contributed by atoms with Crippen LogP contribution in [0.3, 0.4) is 0 Å². The normalized spacial score (nSPS) is 9.89. The molecule has 0 unspecified atom stereocenters. The maximum Gasteiger partial charge on any atom is 0.413 e. The van der Waals surface area contributed by atoms with E-state index in [1.165, 1.54) is 6.92 Å². The lowest BCUT2D eigenvalue weighted by molar-refractivity contribution is 0.114. The Kier molecular flexibility index (Phi) is 0.950. The Balaban J connectivity index is 3.48. The highest BCUT2D eigenvalue weighted by Gasteiger charge is 2.04. The van der Waals surface area contributed by atoms with Crippen molar-refractivity contribution in [2.75, 3.05) is 0 Å². The van der Waals surface area contributed by atoms with Crippen molar-refractivity contribution in [3.63, 3.8) is 0 Å². The van der Waals surface area contributed by atoms with Crippen molar-refractivity contribution in [2.24, 2.45) is 0 Å². The molecule has 1 aromatic rings. The van der Waals surface area contributed by atoms with Gasteiger partial charge in [0.25, 0.3) is 0 Å². The van der Waals surface area contributed by atoms with Crippen molar-refractivity contribution in [3.8, 4) is 0 Å². The third-order valence-electron chi connectivity index (χ3n) is 0.898. The minimum Gasteiger partial charge on any atom is -0.422 e. The Hall–Kier alpha value is -1.46. The highest BCUT2D eigenvalue weighted by atomic mass is 16.5. The molecule has 0 bridgehead atoms. The molecule has 2 N–H and O–H groups in total. The number of nitrogens with zero attached hydrogens (tertiary/aromatic N) is 3. The van der Waals surface area contributed by atoms with E-state index < -0.39 is 5.69 Å². The Morgan fingerprint density at radius 1 is 1.56 bits per heavy atom. The summed E-state index contributed by atoms with van der Waals surface area (Å²) in [6.07, 6.45) is 0. The van der Waals surface area contributed by atoms with Crippen LogP contribution in [-0.2, 0) is 0 Å². The van der Waals surface area contributed by atoms with Gasteiger partial charge in [0.15, 0.2) is 5.82 Å². The van der Waals surface area contributed by atoms with Crippen LogP contribution in [0.5, 0.6) is 0 Å². The number of hydrogen-bond acceptors (Lipinski definition) is 4. The van der Waals surface area contributed by atoms with Gasteiger partial charge in [0, 0.05) is 0 Å². The van der Waals surface area contributed by atoms with Gasteiger partial charge in [-0.1, -0.05) is 0 Å². The second-order valence-electron chi connectivity index (χ2n) is 1.53. The van der Waals surface area contributed by atoms with Gasteiger partial charge in [0.1, 0.15) is 0 Å². The first-order valence-electron chi connectivity index (χ1n) is 2.20. The molecular formula is C3H5N3O3. The largest absolute Gasteiger partial charge is 0.422 e. The van der Waals surface area contributed by atoms with Gasteiger partial charge >= 0.3 is 5.69 Å². The quantitative estimate of drug-likeness (QED) is 0.434. The predicted octanol–water partition coefficient (Wildman–Crippen LogP) is -1.17. The van der Waals surface area contributed by atoms with Gasteiger partial charge in [-0.2, -0.15) is 0 Å². The fourth-order valence-corrected chi connectivity index (χ4v) is 0.445. The zero-order valence-electron chi connectivity index (χ0n) is 4.64. The van der Waals surface area contributed by atoms with Crippen LogP contribution in [0.4, 0.5) is 0 Å². The molecule has 0 aliphatic rings. The van der Waals surface area contributed by atoms with Crippen LogP contribution in [0.1, 0.15) is 5.82 Å². The highest BCUT2D eigenvalue weighted by molar-refractivity contribution is 4.76. The van der Waals surface area contributed by atoms with E-state index in [1.807, 2.05) is 0 Å². The third-order valence-corrected chi connectivity index (χ3v) is 0.898. The summed E-state index contributed by atoms with van der Waals surface area (Å²) in [4.78, 5) is 10.4. The second kappa shape index (κ2) is 1.51. The molecule has 6 heteroatoms. The van der Waals surface area contributed by atoms with Gasteiger partial charge in [-0.25, -0.2) is 4.79 Å². The van der Waals surface area contributed by atoms with Gasteiger partial charge in [-0.15, -0.1) is 9.83 Å². The van der Waals surface area contributed by atoms with Crippen molar-refractivity contribution >= 4 is 0 Å². The van der Waals surface area contributed by atoms with Crippen LogP contribution in [0.25, 0.3) is 0 Å². The standard InChI is InChI=1S/C3H5N3O3/c1-2-4-6(9)3(7)5(2)8/h8-9H,1H3. The fraction of sp³-hybridized carbons (Fsp3) is 0.333. The van der Waals surface area contributed by atoms with Gasteiger partial charge in [-0.3, -0.25) is 0 Å². The molecule has 0 saturated heterocycles. The van der Waals surface area contributed by atoms with Crippen LogP contribution < -0.4 is 5.69 Å². The van der Waals surface area contributed by atoms with Crippen LogP contribution in [0.2, 0.25) is 0 Å². The lowest BCUT2D eigenvalue weighted by Crippen LogP contribution is -2.21. The maximum atomic E-state index is 10.4. The lowest BCUT2D eigenvalue weighted by atomic mass is 10.7. The molecule has 0 saturated carbocycles. The molecule has 6 nitrogen and oxygen atoms in total. The molecular weight excluding hydrogens is 126 g/mol. The van der Waals surface area contributed by atoms with E-state index in [4.69, 9.17) is 10.4 Å². The van der Waals surface area contributed by atoms with E-state index in [1.54, 1.807) is 0 Å². The van der Waals surface area contributed by atoms with E-state index >= 15 is 0 Å². The molecule has 0 aliphatic heterocycles. The predicted molar refractivity (Wildman–Crippen MR) is 25.6 cm³/mol. The van der Waals surface area contributed by atoms with Crippen LogP contribution in [0.15, 0.2) is 4.79 Å². The summed E-state index contributed by atoms with van der Waals surface area (Å²) in [6, 6.07) is 0. The molecule has 0 aliphatic carbocycles. The van der Waals surface area contributed by atoms with Crippen molar-refractivity contribution in [1.82, 2.24) is 14.7 Å². The van der Waals surface area contributed by atoms with Crippen molar-refractivity contribution in [2.45, 2.75) is 6.92 Å². The smallest absolute Gasteiger partial charge is 0.413 e. The Labute approximate surface area is 49.5 Å². The topological polar surface area (TPSA) is 80.3 Å². The number of aromatic nitrogens is 3. The van der Waals surface area contributed by atoms with Crippen LogP contribution in [-0.4, -0.2) is 25.1 Å². The monoisotopic (exact) mass is 131 g/mol. The summed E-state index contributed by atoms with van der Waals surface area (Å²) < 4.78 is 0.250. The molecule has 1 aromatic heterocycles. The molecule has 0 amide bonds. The first kappa shape index (κ1) is 5.67. The van der Waals surface area contributed by atoms with Crippen molar-refractivity contribution < 1.29 is 10.4 Å². The van der Waals surface area contributed by atoms with Crippen LogP contribution >= 0.6 is 0 Å². The van der Waals surface area contributed by atoms with Gasteiger partial charge < -0.3 is 10.4 Å². The third kappa shape index (κ3) is 0.638. The number of rotatable bonds is 0. The van der Waals surface area contributed by atoms with E-state index in [9.17, 15) is 4.79 Å². The Morgan fingerprint density at radius 3 is 2.22 bits per heavy atom. The summed E-state index contributed by atoms with van der Waals surface area (Å²) in [7, 11) is 0. The summed E-state index contributed by atoms with van der Waals surface area (Å²) >= 11 is 0. The van der Waals surface area contributed by atoms with E-state index in [2.05, 4.69) is 5.10 Å². The highest BCUT2D eigenvalue weighted by Crippen LogP contribution is 1.79. The van der Waals surface area contributed by atoms with Crippen molar-refractivity contribution in [3.05, 3.63) is 16.3 Å². The Morgan fingerprint density at radius 2 is 2.11 bits per heavy atom. The van der Waals surface area contributed by atoms with E-state index in [0.29, 0.717) is 0 Å². The maximum absolute atomic E-state index is 10.4. The minimum absolute atomic E-state index is 0.0440. The van der Waals surface area contributed by atoms with Crippen LogP contribution in [0, 0.1) is 6.92 Å². The van der Waals surface area contributed by atoms with Gasteiger partial charge in [0.2, 0.25) is 0 Å². The molecule has 0 atom stereocenters. The summed E-state index contributed by atoms with van der Waals surface area (Å²) in [5, 5.41) is 20.2. The van der Waals surface area contributed by atoms with Gasteiger partial charge in [0.05, 0.1) is 0 Å².